The number of nitrogens with zero attached hydrogens (tertiary/aromatic N) is 1. The lowest BCUT2D eigenvalue weighted by atomic mass is 10.1. The van der Waals surface area contributed by atoms with E-state index in [0.29, 0.717) is 16.3 Å². The zero-order valence-corrected chi connectivity index (χ0v) is 9.10. The lowest BCUT2D eigenvalue weighted by Crippen LogP contribution is -2.08. The molecule has 0 radical (unpaired) electrons. The van der Waals surface area contributed by atoms with Crippen molar-refractivity contribution in [3.8, 4) is 0 Å². The Kier molecular flexibility index (Phi) is 3.84. The number of hydrogen-bond donors (Lipinski definition) is 0. The highest BCUT2D eigenvalue weighted by Crippen LogP contribution is 2.30. The quantitative estimate of drug-likeness (QED) is 0.798. The third-order valence-corrected chi connectivity index (χ3v) is 2.47. The van der Waals surface area contributed by atoms with Crippen molar-refractivity contribution in [2.75, 3.05) is 0 Å². The van der Waals surface area contributed by atoms with Crippen LogP contribution in [-0.4, -0.2) is 11.3 Å². The van der Waals surface area contributed by atoms with Crippen LogP contribution in [-0.2, 0) is 17.4 Å². The number of halogens is 4. The molecule has 1 heterocycles. The van der Waals surface area contributed by atoms with Crippen molar-refractivity contribution in [2.24, 2.45) is 0 Å². The van der Waals surface area contributed by atoms with Crippen LogP contribution >= 0.6 is 15.9 Å². The Bertz CT molecular complexity index is 365. The summed E-state index contributed by atoms with van der Waals surface area (Å²) in [6.45, 7) is 0. The minimum Gasteiger partial charge on any atom is -0.303 e. The van der Waals surface area contributed by atoms with Crippen LogP contribution in [0.25, 0.3) is 0 Å². The molecule has 0 unspecified atom stereocenters. The summed E-state index contributed by atoms with van der Waals surface area (Å²) in [7, 11) is 0. The van der Waals surface area contributed by atoms with E-state index in [9.17, 15) is 18.0 Å². The van der Waals surface area contributed by atoms with Crippen molar-refractivity contribution >= 4 is 22.2 Å². The maximum absolute atomic E-state index is 12.3. The van der Waals surface area contributed by atoms with Crippen molar-refractivity contribution in [2.45, 2.75) is 19.0 Å². The Morgan fingerprint density at radius 1 is 1.47 bits per heavy atom. The van der Waals surface area contributed by atoms with Crippen molar-refractivity contribution in [3.63, 3.8) is 0 Å². The molecule has 6 heteroatoms. The molecule has 0 saturated carbocycles. The van der Waals surface area contributed by atoms with Gasteiger partial charge in [0.1, 0.15) is 12.0 Å². The molecule has 0 aromatic carbocycles. The summed E-state index contributed by atoms with van der Waals surface area (Å²) in [5.41, 5.74) is -0.504. The van der Waals surface area contributed by atoms with Gasteiger partial charge in [0, 0.05) is 17.1 Å². The topological polar surface area (TPSA) is 30.0 Å². The maximum Gasteiger partial charge on any atom is 0.433 e. The van der Waals surface area contributed by atoms with Gasteiger partial charge in [-0.2, -0.15) is 13.2 Å². The smallest absolute Gasteiger partial charge is 0.303 e. The van der Waals surface area contributed by atoms with Gasteiger partial charge in [-0.3, -0.25) is 4.98 Å². The Labute approximate surface area is 92.6 Å². The molecular formula is C9H7BrF3NO. The fraction of sp³-hybridized carbons (Fsp3) is 0.333. The predicted molar refractivity (Wildman–Crippen MR) is 51.3 cm³/mol. The average molecular weight is 282 g/mol. The number of pyridine rings is 1. The van der Waals surface area contributed by atoms with E-state index in [-0.39, 0.29) is 12.8 Å². The largest absolute Gasteiger partial charge is 0.433 e. The van der Waals surface area contributed by atoms with Gasteiger partial charge >= 0.3 is 6.18 Å². The van der Waals surface area contributed by atoms with E-state index in [1.54, 1.807) is 0 Å². The Morgan fingerprint density at radius 3 is 2.67 bits per heavy atom. The molecule has 15 heavy (non-hydrogen) atoms. The van der Waals surface area contributed by atoms with Crippen LogP contribution in [0, 0.1) is 0 Å². The second kappa shape index (κ2) is 4.74. The van der Waals surface area contributed by atoms with E-state index in [4.69, 9.17) is 0 Å². The molecule has 0 amide bonds. The first-order valence-corrected chi connectivity index (χ1v) is 4.89. The monoisotopic (exact) mass is 281 g/mol. The third-order valence-electron chi connectivity index (χ3n) is 1.76. The molecule has 1 aromatic rings. The number of carbonyl (C=O) groups excluding carboxylic acids is 1. The molecule has 0 N–H and O–H groups in total. The summed E-state index contributed by atoms with van der Waals surface area (Å²) in [5.74, 6) is 0. The standard InChI is InChI=1S/C9H7BrF3NO/c10-7-5-14-8(9(11,12)13)4-6(7)2-1-3-15/h3-5H,1-2H2. The number of rotatable bonds is 3. The van der Waals surface area contributed by atoms with E-state index in [1.165, 1.54) is 0 Å². The number of alkyl halides is 3. The highest BCUT2D eigenvalue weighted by molar-refractivity contribution is 9.10. The number of aldehydes is 1. The summed E-state index contributed by atoms with van der Waals surface area (Å²) >= 11 is 3.08. The summed E-state index contributed by atoms with van der Waals surface area (Å²) in [4.78, 5) is 13.4. The average Bonchev–Trinajstić information content (AvgIpc) is 2.15. The maximum atomic E-state index is 12.3. The van der Waals surface area contributed by atoms with E-state index in [2.05, 4.69) is 20.9 Å². The summed E-state index contributed by atoms with van der Waals surface area (Å²) in [6, 6.07) is 0.952. The summed E-state index contributed by atoms with van der Waals surface area (Å²) in [6.07, 6.45) is -2.21. The molecule has 82 valence electrons. The predicted octanol–water partition coefficient (Wildman–Crippen LogP) is 2.99. The van der Waals surface area contributed by atoms with Crippen molar-refractivity contribution in [1.82, 2.24) is 4.98 Å². The van der Waals surface area contributed by atoms with E-state index >= 15 is 0 Å². The van der Waals surface area contributed by atoms with Crippen molar-refractivity contribution in [3.05, 3.63) is 28.0 Å². The van der Waals surface area contributed by atoms with Gasteiger partial charge in [0.25, 0.3) is 0 Å². The van der Waals surface area contributed by atoms with E-state index in [0.717, 1.165) is 12.3 Å². The molecule has 0 spiro atoms. The van der Waals surface area contributed by atoms with Crippen molar-refractivity contribution < 1.29 is 18.0 Å². The van der Waals surface area contributed by atoms with Crippen LogP contribution in [0.2, 0.25) is 0 Å². The fourth-order valence-corrected chi connectivity index (χ4v) is 1.46. The lowest BCUT2D eigenvalue weighted by molar-refractivity contribution is -0.141. The van der Waals surface area contributed by atoms with Crippen LogP contribution in [0.1, 0.15) is 17.7 Å². The molecule has 0 aliphatic heterocycles. The molecule has 1 rings (SSSR count). The number of carbonyl (C=O) groups is 1. The van der Waals surface area contributed by atoms with Crippen LogP contribution in [0.4, 0.5) is 13.2 Å². The van der Waals surface area contributed by atoms with Crippen LogP contribution in [0.3, 0.4) is 0 Å². The highest BCUT2D eigenvalue weighted by Gasteiger charge is 2.32. The molecule has 0 fully saturated rings. The van der Waals surface area contributed by atoms with Gasteiger partial charge in [0.15, 0.2) is 0 Å². The number of aromatic nitrogens is 1. The summed E-state index contributed by atoms with van der Waals surface area (Å²) in [5, 5.41) is 0. The Hall–Kier alpha value is -0.910. The minimum absolute atomic E-state index is 0.194. The molecule has 0 atom stereocenters. The Balaban J connectivity index is 3.00. The first kappa shape index (κ1) is 12.2. The van der Waals surface area contributed by atoms with Gasteiger partial charge in [-0.25, -0.2) is 0 Å². The Morgan fingerprint density at radius 2 is 2.13 bits per heavy atom. The van der Waals surface area contributed by atoms with E-state index in [1.807, 2.05) is 0 Å². The molecule has 2 nitrogen and oxygen atoms in total. The normalized spacial score (nSPS) is 11.5. The lowest BCUT2D eigenvalue weighted by Gasteiger charge is -2.08. The van der Waals surface area contributed by atoms with Gasteiger partial charge in [0.2, 0.25) is 0 Å². The first-order valence-electron chi connectivity index (χ1n) is 4.10. The molecule has 0 aliphatic carbocycles. The van der Waals surface area contributed by atoms with Crippen LogP contribution < -0.4 is 0 Å². The molecular weight excluding hydrogens is 275 g/mol. The number of hydrogen-bond acceptors (Lipinski definition) is 2. The van der Waals surface area contributed by atoms with Crippen LogP contribution in [0.5, 0.6) is 0 Å². The SMILES string of the molecule is O=CCCc1cc(C(F)(F)F)ncc1Br. The minimum atomic E-state index is -4.45. The molecule has 0 aliphatic rings. The van der Waals surface area contributed by atoms with Gasteiger partial charge < -0.3 is 4.79 Å². The zero-order valence-electron chi connectivity index (χ0n) is 7.51. The molecule has 1 aromatic heterocycles. The van der Waals surface area contributed by atoms with Gasteiger partial charge in [-0.05, 0) is 34.0 Å². The highest BCUT2D eigenvalue weighted by atomic mass is 79.9. The first-order chi connectivity index (χ1) is 6.95. The second-order valence-electron chi connectivity index (χ2n) is 2.86. The summed E-state index contributed by atoms with van der Waals surface area (Å²) < 4.78 is 37.3. The fourth-order valence-electron chi connectivity index (χ4n) is 1.04. The van der Waals surface area contributed by atoms with Crippen LogP contribution in [0.15, 0.2) is 16.7 Å². The van der Waals surface area contributed by atoms with Crippen molar-refractivity contribution in [1.29, 1.82) is 0 Å². The zero-order chi connectivity index (χ0) is 11.5. The van der Waals surface area contributed by atoms with Gasteiger partial charge in [-0.15, -0.1) is 0 Å². The third kappa shape index (κ3) is 3.30. The van der Waals surface area contributed by atoms with Gasteiger partial charge in [0.05, 0.1) is 0 Å². The number of aryl methyl sites for hydroxylation is 1. The molecule has 0 saturated heterocycles. The molecule has 0 bridgehead atoms. The van der Waals surface area contributed by atoms with Gasteiger partial charge in [-0.1, -0.05) is 0 Å². The van der Waals surface area contributed by atoms with E-state index < -0.39 is 11.9 Å². The second-order valence-corrected chi connectivity index (χ2v) is 3.72.